The Morgan fingerprint density at radius 3 is 2.50 bits per heavy atom. The molecule has 4 aliphatic rings. The highest BCUT2D eigenvalue weighted by atomic mass is 35.5. The number of halogens is 2. The molecule has 3 aromatic heterocycles. The van der Waals surface area contributed by atoms with E-state index in [1.54, 1.807) is 36.5 Å². The van der Waals surface area contributed by atoms with Crippen molar-refractivity contribution in [2.45, 2.75) is 67.1 Å². The molecule has 2 N–H and O–H groups in total. The molecular formula is C40H40ClFN10O3S. The molecule has 0 radical (unpaired) electrons. The van der Waals surface area contributed by atoms with Crippen LogP contribution in [0, 0.1) is 5.82 Å². The normalized spacial score (nSPS) is 22.7. The summed E-state index contributed by atoms with van der Waals surface area (Å²) in [6.07, 6.45) is 7.86. The molecule has 4 atom stereocenters. The van der Waals surface area contributed by atoms with Crippen LogP contribution < -0.4 is 20.3 Å². The second kappa shape index (κ2) is 13.9. The summed E-state index contributed by atoms with van der Waals surface area (Å²) in [6.45, 7) is 2.53. The molecule has 0 amide bonds. The van der Waals surface area contributed by atoms with Gasteiger partial charge in [0.15, 0.2) is 11.6 Å². The van der Waals surface area contributed by atoms with Gasteiger partial charge in [0, 0.05) is 77.6 Å². The van der Waals surface area contributed by atoms with E-state index >= 15 is 4.39 Å². The van der Waals surface area contributed by atoms with Crippen molar-refractivity contribution in [3.05, 3.63) is 89.9 Å². The molecule has 56 heavy (non-hydrogen) atoms. The maximum Gasteiger partial charge on any atom is 0.319 e. The van der Waals surface area contributed by atoms with Gasteiger partial charge < -0.3 is 20.3 Å². The zero-order valence-electron chi connectivity index (χ0n) is 30.6. The van der Waals surface area contributed by atoms with E-state index in [0.717, 1.165) is 72.3 Å². The first-order chi connectivity index (χ1) is 27.2. The van der Waals surface area contributed by atoms with Crippen molar-refractivity contribution in [1.82, 2.24) is 39.3 Å². The minimum Gasteiger partial charge on any atom is -0.462 e. The quantitative estimate of drug-likeness (QED) is 0.172. The third kappa shape index (κ3) is 6.49. The molecule has 0 spiro atoms. The van der Waals surface area contributed by atoms with Crippen LogP contribution in [-0.2, 0) is 10.0 Å². The summed E-state index contributed by atoms with van der Waals surface area (Å²) in [4.78, 5) is 23.0. The molecule has 6 heterocycles. The van der Waals surface area contributed by atoms with E-state index < -0.39 is 15.8 Å². The number of benzene rings is 3. The summed E-state index contributed by atoms with van der Waals surface area (Å²) in [7, 11) is -1.80. The third-order valence-electron chi connectivity index (χ3n) is 11.6. The maximum atomic E-state index is 16.8. The largest absolute Gasteiger partial charge is 0.462 e. The molecule has 3 aliphatic heterocycles. The van der Waals surface area contributed by atoms with E-state index in [9.17, 15) is 8.42 Å². The minimum atomic E-state index is -3.84. The monoisotopic (exact) mass is 794 g/mol. The van der Waals surface area contributed by atoms with Crippen LogP contribution in [0.2, 0.25) is 5.02 Å². The Bertz CT molecular complexity index is 2570. The molecular weight excluding hydrogens is 755 g/mol. The second-order valence-electron chi connectivity index (χ2n) is 15.5. The van der Waals surface area contributed by atoms with Crippen LogP contribution in [0.25, 0.3) is 32.9 Å². The second-order valence-corrected chi connectivity index (χ2v) is 17.7. The summed E-state index contributed by atoms with van der Waals surface area (Å²) in [5.74, 6) is 0.911. The number of hydrogen-bond donors (Lipinski definition) is 2. The predicted molar refractivity (Wildman–Crippen MR) is 212 cm³/mol. The lowest BCUT2D eigenvalue weighted by molar-refractivity contribution is 0.188. The zero-order valence-corrected chi connectivity index (χ0v) is 32.2. The lowest BCUT2D eigenvalue weighted by Gasteiger charge is -2.34. The topological polar surface area (TPSA) is 143 Å². The van der Waals surface area contributed by atoms with Gasteiger partial charge >= 0.3 is 6.01 Å². The van der Waals surface area contributed by atoms with Crippen molar-refractivity contribution in [3.8, 4) is 17.3 Å². The van der Waals surface area contributed by atoms with Crippen molar-refractivity contribution < 1.29 is 17.5 Å². The number of rotatable bonds is 10. The first kappa shape index (κ1) is 35.5. The highest BCUT2D eigenvalue weighted by Crippen LogP contribution is 2.39. The fraction of sp³-hybridized carbons (Fsp3) is 0.375. The highest BCUT2D eigenvalue weighted by molar-refractivity contribution is 7.89. The van der Waals surface area contributed by atoms with Crippen molar-refractivity contribution in [2.75, 3.05) is 43.5 Å². The van der Waals surface area contributed by atoms with Crippen LogP contribution in [-0.4, -0.2) is 99.9 Å². The van der Waals surface area contributed by atoms with Gasteiger partial charge in [-0.2, -0.15) is 18.4 Å². The molecule has 3 saturated heterocycles. The average molecular weight is 795 g/mol. The Morgan fingerprint density at radius 2 is 1.73 bits per heavy atom. The van der Waals surface area contributed by atoms with Gasteiger partial charge in [-0.25, -0.2) is 9.37 Å². The van der Waals surface area contributed by atoms with Gasteiger partial charge in [-0.3, -0.25) is 9.88 Å². The number of hydrogen-bond acceptors (Lipinski definition) is 12. The number of piperazine rings is 1. The minimum absolute atomic E-state index is 0.0218. The summed E-state index contributed by atoms with van der Waals surface area (Å²) < 4.78 is 50.5. The Kier molecular flexibility index (Phi) is 8.80. The number of fused-ring (bicyclic) bond motifs is 4. The van der Waals surface area contributed by atoms with E-state index in [0.29, 0.717) is 46.3 Å². The number of aromatic nitrogens is 6. The number of nitrogens with one attached hydrogen (secondary N) is 2. The van der Waals surface area contributed by atoms with Crippen LogP contribution in [0.4, 0.5) is 15.9 Å². The first-order valence-electron chi connectivity index (χ1n) is 19.1. The van der Waals surface area contributed by atoms with Gasteiger partial charge in [-0.15, -0.1) is 9.19 Å². The molecule has 13 nitrogen and oxygen atoms in total. The average Bonchev–Trinajstić information content (AvgIpc) is 3.66. The number of likely N-dealkylation sites (tertiary alicyclic amines) is 1. The van der Waals surface area contributed by atoms with Crippen molar-refractivity contribution in [1.29, 1.82) is 0 Å². The standard InChI is InChI=1S/C40H40ClFN10O3S/c1-50-18-28(45-25-12-14-30(15-13-25)56(53,54)52-22-44-38(49-52)24-8-9-24)16-29(50)21-55-40-47-37-32(39(48-40)51-19-26-10-11-27(20-51)46-26)17-43-36(35(37)42)31-6-2-4-23-5-3-7-33(41)34(23)31/h2-7,12-15,17,22,24,26-29,45-46H,8-11,16,18-21H2,1H3/t26-,27+,28-,29+/m1/s1. The third-order valence-corrected chi connectivity index (χ3v) is 13.4. The van der Waals surface area contributed by atoms with Gasteiger partial charge in [0.2, 0.25) is 0 Å². The summed E-state index contributed by atoms with van der Waals surface area (Å²) >= 11 is 6.65. The molecule has 10 rings (SSSR count). The Hall–Kier alpha value is -4.96. The molecule has 288 valence electrons. The van der Waals surface area contributed by atoms with E-state index in [1.165, 1.54) is 6.33 Å². The van der Waals surface area contributed by atoms with Crippen LogP contribution >= 0.6 is 11.6 Å². The van der Waals surface area contributed by atoms with Gasteiger partial charge in [0.1, 0.15) is 30.0 Å². The van der Waals surface area contributed by atoms with E-state index in [2.05, 4.69) is 35.5 Å². The fourth-order valence-corrected chi connectivity index (χ4v) is 9.84. The van der Waals surface area contributed by atoms with Crippen LogP contribution in [0.15, 0.2) is 78.1 Å². The predicted octanol–water partition coefficient (Wildman–Crippen LogP) is 5.85. The number of nitrogens with zero attached hydrogens (tertiary/aromatic N) is 8. The van der Waals surface area contributed by atoms with Crippen molar-refractivity contribution in [2.24, 2.45) is 0 Å². The lowest BCUT2D eigenvalue weighted by atomic mass is 10.0. The smallest absolute Gasteiger partial charge is 0.319 e. The van der Waals surface area contributed by atoms with Gasteiger partial charge in [-0.1, -0.05) is 41.9 Å². The highest BCUT2D eigenvalue weighted by Gasteiger charge is 2.35. The zero-order chi connectivity index (χ0) is 38.1. The summed E-state index contributed by atoms with van der Waals surface area (Å²) in [5, 5.41) is 14.1. The Labute approximate surface area is 328 Å². The first-order valence-corrected chi connectivity index (χ1v) is 20.9. The van der Waals surface area contributed by atoms with E-state index in [-0.39, 0.29) is 40.1 Å². The number of likely N-dealkylation sites (N-methyl/N-ethyl adjacent to an activating group) is 1. The molecule has 0 unspecified atom stereocenters. The van der Waals surface area contributed by atoms with Crippen LogP contribution in [0.1, 0.15) is 43.8 Å². The van der Waals surface area contributed by atoms with Crippen LogP contribution in [0.3, 0.4) is 0 Å². The van der Waals surface area contributed by atoms with E-state index in [1.807, 2.05) is 37.4 Å². The van der Waals surface area contributed by atoms with Gasteiger partial charge in [0.05, 0.1) is 10.3 Å². The van der Waals surface area contributed by atoms with E-state index in [4.69, 9.17) is 26.3 Å². The molecule has 3 aromatic carbocycles. The van der Waals surface area contributed by atoms with Crippen molar-refractivity contribution >= 4 is 54.8 Å². The Morgan fingerprint density at radius 1 is 0.964 bits per heavy atom. The molecule has 6 aromatic rings. The molecule has 2 bridgehead atoms. The number of ether oxygens (including phenoxy) is 1. The van der Waals surface area contributed by atoms with Crippen LogP contribution in [0.5, 0.6) is 6.01 Å². The maximum absolute atomic E-state index is 16.8. The fourth-order valence-electron chi connectivity index (χ4n) is 8.50. The Balaban J connectivity index is 0.886. The lowest BCUT2D eigenvalue weighted by Crippen LogP contribution is -2.51. The van der Waals surface area contributed by atoms with Crippen molar-refractivity contribution in [3.63, 3.8) is 0 Å². The SMILES string of the molecule is CN1C[C@H](Nc2ccc(S(=O)(=O)n3cnc(C4CC4)n3)cc2)C[C@H]1COc1nc(N2C[C@H]3CC[C@@H](C2)N3)c2cnc(-c3cccc4cccc(Cl)c34)c(F)c2n1. The number of pyridine rings is 1. The molecule has 1 saturated carbocycles. The van der Waals surface area contributed by atoms with Gasteiger partial charge in [-0.05, 0) is 74.9 Å². The number of anilines is 2. The summed E-state index contributed by atoms with van der Waals surface area (Å²) in [5.41, 5.74) is 1.72. The summed E-state index contributed by atoms with van der Waals surface area (Å²) in [6, 6.07) is 18.9. The molecule has 16 heteroatoms. The molecule has 4 fully saturated rings. The molecule has 1 aliphatic carbocycles. The van der Waals surface area contributed by atoms with Gasteiger partial charge in [0.25, 0.3) is 10.0 Å².